The highest BCUT2D eigenvalue weighted by Gasteiger charge is 2.17. The first-order valence-electron chi connectivity index (χ1n) is 7.98. The maximum atomic E-state index is 14.1. The lowest BCUT2D eigenvalue weighted by Gasteiger charge is -2.34. The molecule has 1 aliphatic rings. The molecule has 1 heterocycles. The average molecular weight is 314 g/mol. The smallest absolute Gasteiger partial charge is 0.146 e. The van der Waals surface area contributed by atoms with E-state index in [1.54, 1.807) is 6.07 Å². The largest absolute Gasteiger partial charge is 0.367 e. The summed E-state index contributed by atoms with van der Waals surface area (Å²) in [7, 11) is 2.10. The highest BCUT2D eigenvalue weighted by Crippen LogP contribution is 2.22. The van der Waals surface area contributed by atoms with Crippen LogP contribution in [0, 0.1) is 5.82 Å². The molecule has 0 aliphatic carbocycles. The Hall–Kier alpha value is -2.11. The predicted molar refractivity (Wildman–Crippen MR) is 93.0 cm³/mol. The molecule has 122 valence electrons. The standard InChI is InChI=1S/C18H23FN4/c1-22-9-11-23(12-10-22)18-13-15(7-8-17(18)19)14-20-21-16-5-3-2-4-6-16/h2-8,13,20-21H,9-12,14H2,1H3. The van der Waals surface area contributed by atoms with Gasteiger partial charge in [-0.2, -0.15) is 0 Å². The Morgan fingerprint density at radius 1 is 1.00 bits per heavy atom. The van der Waals surface area contributed by atoms with Crippen molar-refractivity contribution in [3.63, 3.8) is 0 Å². The predicted octanol–water partition coefficient (Wildman–Crippen LogP) is 2.69. The normalized spacial score (nSPS) is 15.7. The lowest BCUT2D eigenvalue weighted by molar-refractivity contribution is 0.311. The Morgan fingerprint density at radius 2 is 1.74 bits per heavy atom. The van der Waals surface area contributed by atoms with Crippen molar-refractivity contribution in [2.45, 2.75) is 6.54 Å². The molecule has 2 aromatic carbocycles. The van der Waals surface area contributed by atoms with Crippen LogP contribution in [-0.4, -0.2) is 38.1 Å². The van der Waals surface area contributed by atoms with E-state index in [-0.39, 0.29) is 5.82 Å². The number of hydrogen-bond donors (Lipinski definition) is 2. The summed E-state index contributed by atoms with van der Waals surface area (Å²) in [6, 6.07) is 15.3. The van der Waals surface area contributed by atoms with Gasteiger partial charge in [0.05, 0.1) is 5.69 Å². The topological polar surface area (TPSA) is 30.5 Å². The van der Waals surface area contributed by atoms with Gasteiger partial charge in [0.2, 0.25) is 0 Å². The first-order valence-corrected chi connectivity index (χ1v) is 7.98. The number of piperazine rings is 1. The molecule has 0 amide bonds. The Bertz CT molecular complexity index is 624. The molecule has 0 unspecified atom stereocenters. The number of hydrazine groups is 1. The van der Waals surface area contributed by atoms with E-state index in [0.717, 1.165) is 37.4 Å². The van der Waals surface area contributed by atoms with Crippen molar-refractivity contribution in [1.29, 1.82) is 0 Å². The van der Waals surface area contributed by atoms with E-state index >= 15 is 0 Å². The zero-order valence-electron chi connectivity index (χ0n) is 13.4. The molecule has 0 bridgehead atoms. The van der Waals surface area contributed by atoms with Gasteiger partial charge in [-0.1, -0.05) is 24.3 Å². The minimum absolute atomic E-state index is 0.144. The lowest BCUT2D eigenvalue weighted by atomic mass is 10.1. The molecular weight excluding hydrogens is 291 g/mol. The molecule has 0 radical (unpaired) electrons. The number of rotatable bonds is 5. The van der Waals surface area contributed by atoms with Gasteiger partial charge < -0.3 is 15.2 Å². The van der Waals surface area contributed by atoms with Crippen LogP contribution in [-0.2, 0) is 6.54 Å². The molecule has 1 aliphatic heterocycles. The van der Waals surface area contributed by atoms with Crippen LogP contribution in [0.25, 0.3) is 0 Å². The molecule has 23 heavy (non-hydrogen) atoms. The van der Waals surface area contributed by atoms with Crippen molar-refractivity contribution in [3.05, 3.63) is 59.9 Å². The van der Waals surface area contributed by atoms with Gasteiger partial charge >= 0.3 is 0 Å². The Kier molecular flexibility index (Phi) is 5.10. The maximum absolute atomic E-state index is 14.1. The van der Waals surface area contributed by atoms with Crippen molar-refractivity contribution in [2.24, 2.45) is 0 Å². The summed E-state index contributed by atoms with van der Waals surface area (Å²) in [6.45, 7) is 4.31. The summed E-state index contributed by atoms with van der Waals surface area (Å²) >= 11 is 0. The van der Waals surface area contributed by atoms with E-state index in [1.165, 1.54) is 0 Å². The van der Waals surface area contributed by atoms with Gasteiger partial charge in [0, 0.05) is 38.4 Å². The SMILES string of the molecule is CN1CCN(c2cc(CNNc3ccccc3)ccc2F)CC1. The van der Waals surface area contributed by atoms with E-state index in [4.69, 9.17) is 0 Å². The minimum atomic E-state index is -0.144. The molecule has 0 spiro atoms. The van der Waals surface area contributed by atoms with E-state index in [9.17, 15) is 4.39 Å². The summed E-state index contributed by atoms with van der Waals surface area (Å²) in [5, 5.41) is 0. The molecule has 1 saturated heterocycles. The zero-order chi connectivity index (χ0) is 16.1. The van der Waals surface area contributed by atoms with Crippen LogP contribution in [0.3, 0.4) is 0 Å². The molecular formula is C18H23FN4. The molecule has 0 aromatic heterocycles. The van der Waals surface area contributed by atoms with E-state index in [1.807, 2.05) is 42.5 Å². The number of nitrogens with zero attached hydrogens (tertiary/aromatic N) is 2. The first-order chi connectivity index (χ1) is 11.2. The van der Waals surface area contributed by atoms with Crippen molar-refractivity contribution in [2.75, 3.05) is 43.6 Å². The highest BCUT2D eigenvalue weighted by molar-refractivity contribution is 5.50. The fourth-order valence-corrected chi connectivity index (χ4v) is 2.73. The fourth-order valence-electron chi connectivity index (χ4n) is 2.73. The summed E-state index contributed by atoms with van der Waals surface area (Å²) in [5.74, 6) is -0.144. The number of para-hydroxylation sites is 1. The van der Waals surface area contributed by atoms with Gasteiger partial charge in [-0.05, 0) is 36.9 Å². The summed E-state index contributed by atoms with van der Waals surface area (Å²) in [6.07, 6.45) is 0. The van der Waals surface area contributed by atoms with Crippen molar-refractivity contribution >= 4 is 11.4 Å². The first kappa shape index (κ1) is 15.8. The molecule has 0 atom stereocenters. The average Bonchev–Trinajstić information content (AvgIpc) is 2.58. The summed E-state index contributed by atoms with van der Waals surface area (Å²) in [5.41, 5.74) is 9.10. The second kappa shape index (κ2) is 7.44. The molecule has 2 aromatic rings. The number of benzene rings is 2. The highest BCUT2D eigenvalue weighted by atomic mass is 19.1. The number of hydrogen-bond acceptors (Lipinski definition) is 4. The monoisotopic (exact) mass is 314 g/mol. The Morgan fingerprint density at radius 3 is 2.48 bits per heavy atom. The summed E-state index contributed by atoms with van der Waals surface area (Å²) in [4.78, 5) is 4.40. The Labute approximate surface area is 136 Å². The number of anilines is 2. The van der Waals surface area contributed by atoms with Gasteiger partial charge in [-0.25, -0.2) is 9.82 Å². The second-order valence-corrected chi connectivity index (χ2v) is 5.92. The van der Waals surface area contributed by atoms with Gasteiger partial charge in [0.1, 0.15) is 5.82 Å². The second-order valence-electron chi connectivity index (χ2n) is 5.92. The number of halogens is 1. The van der Waals surface area contributed by atoms with Crippen LogP contribution in [0.5, 0.6) is 0 Å². The minimum Gasteiger partial charge on any atom is -0.367 e. The van der Waals surface area contributed by atoms with Crippen molar-refractivity contribution < 1.29 is 4.39 Å². The molecule has 2 N–H and O–H groups in total. The maximum Gasteiger partial charge on any atom is 0.146 e. The molecule has 3 rings (SSSR count). The van der Waals surface area contributed by atoms with Gasteiger partial charge in [-0.3, -0.25) is 0 Å². The van der Waals surface area contributed by atoms with E-state index < -0.39 is 0 Å². The van der Waals surface area contributed by atoms with Crippen LogP contribution >= 0.6 is 0 Å². The lowest BCUT2D eigenvalue weighted by Crippen LogP contribution is -2.44. The zero-order valence-corrected chi connectivity index (χ0v) is 13.4. The van der Waals surface area contributed by atoms with Crippen LogP contribution in [0.15, 0.2) is 48.5 Å². The third-order valence-electron chi connectivity index (χ3n) is 4.15. The molecule has 0 saturated carbocycles. The third kappa shape index (κ3) is 4.21. The van der Waals surface area contributed by atoms with E-state index in [2.05, 4.69) is 27.7 Å². The molecule has 1 fully saturated rings. The van der Waals surface area contributed by atoms with Gasteiger partial charge in [-0.15, -0.1) is 0 Å². The van der Waals surface area contributed by atoms with E-state index in [0.29, 0.717) is 12.2 Å². The van der Waals surface area contributed by atoms with Gasteiger partial charge in [0.25, 0.3) is 0 Å². The third-order valence-corrected chi connectivity index (χ3v) is 4.15. The number of nitrogens with one attached hydrogen (secondary N) is 2. The molecule has 5 heteroatoms. The Balaban J connectivity index is 1.61. The molecule has 4 nitrogen and oxygen atoms in total. The summed E-state index contributed by atoms with van der Waals surface area (Å²) < 4.78 is 14.1. The van der Waals surface area contributed by atoms with Crippen LogP contribution in [0.4, 0.5) is 15.8 Å². The fraction of sp³-hybridized carbons (Fsp3) is 0.333. The quantitative estimate of drug-likeness (QED) is 0.831. The van der Waals surface area contributed by atoms with Crippen LogP contribution in [0.2, 0.25) is 0 Å². The van der Waals surface area contributed by atoms with Gasteiger partial charge in [0.15, 0.2) is 0 Å². The number of likely N-dealkylation sites (N-methyl/N-ethyl adjacent to an activating group) is 1. The van der Waals surface area contributed by atoms with Crippen LogP contribution < -0.4 is 15.8 Å². The van der Waals surface area contributed by atoms with Crippen molar-refractivity contribution in [1.82, 2.24) is 10.3 Å². The van der Waals surface area contributed by atoms with Crippen molar-refractivity contribution in [3.8, 4) is 0 Å². The van der Waals surface area contributed by atoms with Crippen LogP contribution in [0.1, 0.15) is 5.56 Å².